The van der Waals surface area contributed by atoms with E-state index in [1.54, 1.807) is 6.07 Å². The van der Waals surface area contributed by atoms with Crippen molar-refractivity contribution in [3.8, 4) is 0 Å². The average Bonchev–Trinajstić information content (AvgIpc) is 2.63. The Labute approximate surface area is 111 Å². The number of nitrogens with one attached hydrogen (secondary N) is 1. The molecule has 2 aromatic rings. The Morgan fingerprint density at radius 2 is 2.21 bits per heavy atom. The lowest BCUT2D eigenvalue weighted by Crippen LogP contribution is -2.36. The lowest BCUT2D eigenvalue weighted by molar-refractivity contribution is 0.547. The van der Waals surface area contributed by atoms with Gasteiger partial charge in [-0.2, -0.15) is 0 Å². The summed E-state index contributed by atoms with van der Waals surface area (Å²) in [5.74, 6) is 0.808. The van der Waals surface area contributed by atoms with Gasteiger partial charge in [0, 0.05) is 17.0 Å². The fourth-order valence-electron chi connectivity index (χ4n) is 1.89. The number of nitrogens with two attached hydrogens (primary N) is 1. The molecule has 0 fully saturated rings. The minimum atomic E-state index is -0.271. The number of nitrogens with zero attached hydrogens (tertiary/aromatic N) is 1. The van der Waals surface area contributed by atoms with Crippen LogP contribution < -0.4 is 11.1 Å². The number of aliphatic imine (C=N–C) groups is 1. The fraction of sp³-hybridized carbons (Fsp3) is 0.357. The van der Waals surface area contributed by atoms with Crippen molar-refractivity contribution in [2.75, 3.05) is 0 Å². The summed E-state index contributed by atoms with van der Waals surface area (Å²) in [6.07, 6.45) is 0. The first kappa shape index (κ1) is 13.4. The first-order valence-electron chi connectivity index (χ1n) is 6.21. The largest absolute Gasteiger partial charge is 0.459 e. The summed E-state index contributed by atoms with van der Waals surface area (Å²) in [7, 11) is 0. The highest BCUT2D eigenvalue weighted by atomic mass is 19.1. The zero-order valence-electron chi connectivity index (χ0n) is 11.3. The standard InChI is InChI=1S/C14H18FN3O/c1-8(2)18-14(16)17-7-13-9(3)11-6-10(15)4-5-12(11)19-13/h4-6,8H,7H2,1-3H3,(H3,16,17,18). The number of guanidine groups is 1. The van der Waals surface area contributed by atoms with E-state index in [0.29, 0.717) is 23.8 Å². The number of aryl methyl sites for hydroxylation is 1. The van der Waals surface area contributed by atoms with Crippen molar-refractivity contribution in [3.05, 3.63) is 35.3 Å². The second-order valence-corrected chi connectivity index (χ2v) is 4.79. The molecule has 102 valence electrons. The van der Waals surface area contributed by atoms with Crippen molar-refractivity contribution in [1.29, 1.82) is 0 Å². The highest BCUT2D eigenvalue weighted by Gasteiger charge is 2.10. The molecule has 0 unspecified atom stereocenters. The maximum absolute atomic E-state index is 13.2. The molecule has 0 aliphatic carbocycles. The third-order valence-electron chi connectivity index (χ3n) is 2.83. The maximum Gasteiger partial charge on any atom is 0.189 e. The molecule has 0 saturated carbocycles. The molecule has 0 radical (unpaired) electrons. The van der Waals surface area contributed by atoms with Crippen LogP contribution >= 0.6 is 0 Å². The van der Waals surface area contributed by atoms with Gasteiger partial charge in [-0.3, -0.25) is 0 Å². The zero-order chi connectivity index (χ0) is 14.0. The van der Waals surface area contributed by atoms with Crippen molar-refractivity contribution in [2.24, 2.45) is 10.7 Å². The van der Waals surface area contributed by atoms with E-state index in [1.807, 2.05) is 20.8 Å². The number of rotatable bonds is 3. The molecule has 0 bridgehead atoms. The van der Waals surface area contributed by atoms with Crippen molar-refractivity contribution < 1.29 is 8.81 Å². The summed E-state index contributed by atoms with van der Waals surface area (Å²) in [6.45, 7) is 6.20. The predicted molar refractivity (Wildman–Crippen MR) is 74.5 cm³/mol. The number of hydrogen-bond donors (Lipinski definition) is 2. The molecule has 0 aliphatic heterocycles. The summed E-state index contributed by atoms with van der Waals surface area (Å²) in [5, 5.41) is 3.78. The van der Waals surface area contributed by atoms with Gasteiger partial charge in [0.25, 0.3) is 0 Å². The molecular weight excluding hydrogens is 245 g/mol. The smallest absolute Gasteiger partial charge is 0.189 e. The highest BCUT2D eigenvalue weighted by molar-refractivity contribution is 5.82. The van der Waals surface area contributed by atoms with Crippen LogP contribution in [-0.4, -0.2) is 12.0 Å². The second-order valence-electron chi connectivity index (χ2n) is 4.79. The van der Waals surface area contributed by atoms with Gasteiger partial charge in [0.1, 0.15) is 23.7 Å². The summed E-state index contributed by atoms with van der Waals surface area (Å²) < 4.78 is 18.8. The summed E-state index contributed by atoms with van der Waals surface area (Å²) in [4.78, 5) is 4.21. The van der Waals surface area contributed by atoms with Crippen LogP contribution in [0.15, 0.2) is 27.6 Å². The van der Waals surface area contributed by atoms with E-state index >= 15 is 0 Å². The molecule has 5 heteroatoms. The molecule has 1 heterocycles. The van der Waals surface area contributed by atoms with Gasteiger partial charge in [0.05, 0.1) is 0 Å². The summed E-state index contributed by atoms with van der Waals surface area (Å²) in [5.41, 5.74) is 7.29. The molecule has 0 atom stereocenters. The quantitative estimate of drug-likeness (QED) is 0.661. The van der Waals surface area contributed by atoms with E-state index < -0.39 is 0 Å². The minimum absolute atomic E-state index is 0.231. The Bertz CT molecular complexity index is 616. The molecule has 0 spiro atoms. The molecule has 0 amide bonds. The van der Waals surface area contributed by atoms with Crippen LogP contribution in [0.2, 0.25) is 0 Å². The van der Waals surface area contributed by atoms with Crippen LogP contribution in [0.4, 0.5) is 4.39 Å². The van der Waals surface area contributed by atoms with Crippen molar-refractivity contribution >= 4 is 16.9 Å². The zero-order valence-corrected chi connectivity index (χ0v) is 11.3. The van der Waals surface area contributed by atoms with Gasteiger partial charge in [-0.15, -0.1) is 0 Å². The molecule has 0 aliphatic rings. The summed E-state index contributed by atoms with van der Waals surface area (Å²) >= 11 is 0. The van der Waals surface area contributed by atoms with Gasteiger partial charge in [-0.05, 0) is 39.0 Å². The van der Waals surface area contributed by atoms with Crippen molar-refractivity contribution in [2.45, 2.75) is 33.4 Å². The second kappa shape index (κ2) is 5.30. The lowest BCUT2D eigenvalue weighted by atomic mass is 10.1. The number of furan rings is 1. The van der Waals surface area contributed by atoms with E-state index in [4.69, 9.17) is 10.2 Å². The van der Waals surface area contributed by atoms with Crippen LogP contribution in [0.5, 0.6) is 0 Å². The van der Waals surface area contributed by atoms with Crippen LogP contribution in [0.25, 0.3) is 11.0 Å². The van der Waals surface area contributed by atoms with Gasteiger partial charge in [0.2, 0.25) is 0 Å². The van der Waals surface area contributed by atoms with Crippen LogP contribution in [-0.2, 0) is 6.54 Å². The third kappa shape index (κ3) is 3.05. The fourth-order valence-corrected chi connectivity index (χ4v) is 1.89. The monoisotopic (exact) mass is 263 g/mol. The summed E-state index contributed by atoms with van der Waals surface area (Å²) in [6, 6.07) is 4.71. The number of hydrogen-bond acceptors (Lipinski definition) is 2. The number of fused-ring (bicyclic) bond motifs is 1. The lowest BCUT2D eigenvalue weighted by Gasteiger charge is -2.07. The highest BCUT2D eigenvalue weighted by Crippen LogP contribution is 2.26. The van der Waals surface area contributed by atoms with Gasteiger partial charge in [-0.1, -0.05) is 0 Å². The van der Waals surface area contributed by atoms with Gasteiger partial charge < -0.3 is 15.5 Å². The first-order chi connectivity index (χ1) is 8.97. The Balaban J connectivity index is 2.24. The molecule has 1 aromatic carbocycles. The predicted octanol–water partition coefficient (Wildman–Crippen LogP) is 2.69. The van der Waals surface area contributed by atoms with Gasteiger partial charge in [-0.25, -0.2) is 9.38 Å². The maximum atomic E-state index is 13.2. The normalized spacial score (nSPS) is 12.4. The topological polar surface area (TPSA) is 63.5 Å². The molecular formula is C14H18FN3O. The SMILES string of the molecule is Cc1c(CN=C(N)NC(C)C)oc2ccc(F)cc12. The van der Waals surface area contributed by atoms with Crippen molar-refractivity contribution in [1.82, 2.24) is 5.32 Å². The Morgan fingerprint density at radius 1 is 1.47 bits per heavy atom. The van der Waals surface area contributed by atoms with Crippen LogP contribution in [0.1, 0.15) is 25.2 Å². The molecule has 2 rings (SSSR count). The van der Waals surface area contributed by atoms with E-state index in [2.05, 4.69) is 10.3 Å². The Morgan fingerprint density at radius 3 is 2.89 bits per heavy atom. The van der Waals surface area contributed by atoms with Gasteiger partial charge >= 0.3 is 0 Å². The molecule has 4 nitrogen and oxygen atoms in total. The first-order valence-corrected chi connectivity index (χ1v) is 6.21. The molecule has 0 saturated heterocycles. The Hall–Kier alpha value is -2.04. The van der Waals surface area contributed by atoms with E-state index in [1.165, 1.54) is 12.1 Å². The number of benzene rings is 1. The van der Waals surface area contributed by atoms with E-state index in [-0.39, 0.29) is 11.9 Å². The average molecular weight is 263 g/mol. The Kier molecular flexibility index (Phi) is 3.74. The van der Waals surface area contributed by atoms with Gasteiger partial charge in [0.15, 0.2) is 5.96 Å². The van der Waals surface area contributed by atoms with E-state index in [0.717, 1.165) is 10.9 Å². The molecule has 19 heavy (non-hydrogen) atoms. The van der Waals surface area contributed by atoms with Crippen LogP contribution in [0, 0.1) is 12.7 Å². The van der Waals surface area contributed by atoms with Crippen LogP contribution in [0.3, 0.4) is 0 Å². The molecule has 3 N–H and O–H groups in total. The third-order valence-corrected chi connectivity index (χ3v) is 2.83. The minimum Gasteiger partial charge on any atom is -0.459 e. The van der Waals surface area contributed by atoms with Crippen molar-refractivity contribution in [3.63, 3.8) is 0 Å². The molecule has 1 aromatic heterocycles. The van der Waals surface area contributed by atoms with E-state index in [9.17, 15) is 4.39 Å². The number of halogens is 1.